The van der Waals surface area contributed by atoms with Gasteiger partial charge in [-0.1, -0.05) is 30.8 Å². The molecule has 0 saturated carbocycles. The molecular weight excluding hydrogens is 284 g/mol. The molecular formula is C16H20N2O2S. The van der Waals surface area contributed by atoms with Crippen molar-refractivity contribution >= 4 is 22.7 Å². The molecule has 0 spiro atoms. The fourth-order valence-electron chi connectivity index (χ4n) is 2.59. The standard InChI is InChI=1S/C16H20N2O2S/c1-2-8-18-15(19)13-5-3-4-6-14(13)17-16(18)21-11-12-7-9-20-10-12/h3-6,12H,2,7-11H2,1H3. The first kappa shape index (κ1) is 14.6. The van der Waals surface area contributed by atoms with Gasteiger partial charge in [-0.2, -0.15) is 0 Å². The van der Waals surface area contributed by atoms with Crippen LogP contribution in [-0.4, -0.2) is 28.5 Å². The molecule has 0 radical (unpaired) electrons. The van der Waals surface area contributed by atoms with Gasteiger partial charge in [0.1, 0.15) is 0 Å². The first-order valence-electron chi connectivity index (χ1n) is 7.49. The molecule has 21 heavy (non-hydrogen) atoms. The molecule has 1 aromatic heterocycles. The molecule has 4 nitrogen and oxygen atoms in total. The Morgan fingerprint density at radius 2 is 2.29 bits per heavy atom. The zero-order valence-electron chi connectivity index (χ0n) is 12.2. The van der Waals surface area contributed by atoms with Gasteiger partial charge >= 0.3 is 0 Å². The molecule has 0 N–H and O–H groups in total. The highest BCUT2D eigenvalue weighted by molar-refractivity contribution is 7.99. The molecule has 1 aliphatic heterocycles. The Labute approximate surface area is 128 Å². The number of rotatable bonds is 5. The fraction of sp³-hybridized carbons (Fsp3) is 0.500. The number of benzene rings is 1. The molecule has 3 rings (SSSR count). The molecule has 1 aromatic carbocycles. The number of fused-ring (bicyclic) bond motifs is 1. The zero-order chi connectivity index (χ0) is 14.7. The summed E-state index contributed by atoms with van der Waals surface area (Å²) in [7, 11) is 0. The topological polar surface area (TPSA) is 44.1 Å². The summed E-state index contributed by atoms with van der Waals surface area (Å²) in [6.07, 6.45) is 2.04. The second-order valence-electron chi connectivity index (χ2n) is 5.41. The van der Waals surface area contributed by atoms with Crippen molar-refractivity contribution in [1.82, 2.24) is 9.55 Å². The second kappa shape index (κ2) is 6.62. The minimum Gasteiger partial charge on any atom is -0.381 e. The van der Waals surface area contributed by atoms with Gasteiger partial charge in [-0.3, -0.25) is 9.36 Å². The van der Waals surface area contributed by atoms with Crippen LogP contribution >= 0.6 is 11.8 Å². The number of hydrogen-bond acceptors (Lipinski definition) is 4. The van der Waals surface area contributed by atoms with Gasteiger partial charge in [0.15, 0.2) is 5.16 Å². The molecule has 2 aromatic rings. The highest BCUT2D eigenvalue weighted by Gasteiger charge is 2.18. The van der Waals surface area contributed by atoms with Gasteiger partial charge in [-0.25, -0.2) is 4.98 Å². The smallest absolute Gasteiger partial charge is 0.262 e. The molecule has 1 saturated heterocycles. The molecule has 1 fully saturated rings. The predicted octanol–water partition coefficient (Wildman–Crippen LogP) is 2.94. The van der Waals surface area contributed by atoms with E-state index < -0.39 is 0 Å². The Morgan fingerprint density at radius 1 is 1.43 bits per heavy atom. The Kier molecular flexibility index (Phi) is 4.60. The Bertz CT molecular complexity index is 678. The van der Waals surface area contributed by atoms with E-state index in [1.165, 1.54) is 0 Å². The van der Waals surface area contributed by atoms with E-state index >= 15 is 0 Å². The molecule has 0 bridgehead atoms. The zero-order valence-corrected chi connectivity index (χ0v) is 13.1. The van der Waals surface area contributed by atoms with Crippen molar-refractivity contribution in [2.75, 3.05) is 19.0 Å². The van der Waals surface area contributed by atoms with Crippen LogP contribution in [0, 0.1) is 5.92 Å². The molecule has 1 unspecified atom stereocenters. The Hall–Kier alpha value is -1.33. The highest BCUT2D eigenvalue weighted by atomic mass is 32.2. The molecule has 5 heteroatoms. The second-order valence-corrected chi connectivity index (χ2v) is 6.40. The number of aromatic nitrogens is 2. The van der Waals surface area contributed by atoms with Crippen LogP contribution in [0.1, 0.15) is 19.8 Å². The predicted molar refractivity (Wildman–Crippen MR) is 85.9 cm³/mol. The van der Waals surface area contributed by atoms with Gasteiger partial charge in [0.05, 0.1) is 17.5 Å². The monoisotopic (exact) mass is 304 g/mol. The number of hydrogen-bond donors (Lipinski definition) is 0. The summed E-state index contributed by atoms with van der Waals surface area (Å²) in [5, 5.41) is 1.55. The lowest BCUT2D eigenvalue weighted by atomic mass is 10.2. The molecule has 1 aliphatic rings. The van der Waals surface area contributed by atoms with Crippen LogP contribution in [0.2, 0.25) is 0 Å². The van der Waals surface area contributed by atoms with Crippen LogP contribution in [0.5, 0.6) is 0 Å². The summed E-state index contributed by atoms with van der Waals surface area (Å²) < 4.78 is 7.24. The third kappa shape index (κ3) is 3.14. The summed E-state index contributed by atoms with van der Waals surface area (Å²) in [4.78, 5) is 17.3. The van der Waals surface area contributed by atoms with Crippen LogP contribution in [-0.2, 0) is 11.3 Å². The summed E-state index contributed by atoms with van der Waals surface area (Å²) in [5.74, 6) is 1.54. The number of thioether (sulfide) groups is 1. The largest absolute Gasteiger partial charge is 0.381 e. The molecule has 2 heterocycles. The maximum absolute atomic E-state index is 12.6. The summed E-state index contributed by atoms with van der Waals surface area (Å²) in [6.45, 7) is 4.50. The van der Waals surface area contributed by atoms with Crippen molar-refractivity contribution in [3.05, 3.63) is 34.6 Å². The van der Waals surface area contributed by atoms with Gasteiger partial charge in [0.2, 0.25) is 0 Å². The lowest BCUT2D eigenvalue weighted by molar-refractivity contribution is 0.189. The summed E-state index contributed by atoms with van der Waals surface area (Å²) >= 11 is 1.69. The van der Waals surface area contributed by atoms with Crippen molar-refractivity contribution in [2.45, 2.75) is 31.5 Å². The number of ether oxygens (including phenoxy) is 1. The van der Waals surface area contributed by atoms with Crippen LogP contribution in [0.3, 0.4) is 0 Å². The number of para-hydroxylation sites is 1. The molecule has 112 valence electrons. The van der Waals surface area contributed by atoms with Gasteiger partial charge in [0.25, 0.3) is 5.56 Å². The van der Waals surface area contributed by atoms with Crippen LogP contribution in [0.4, 0.5) is 0 Å². The Balaban J connectivity index is 1.94. The minimum absolute atomic E-state index is 0.0765. The van der Waals surface area contributed by atoms with Crippen molar-refractivity contribution in [3.63, 3.8) is 0 Å². The summed E-state index contributed by atoms with van der Waals surface area (Å²) in [6, 6.07) is 7.59. The van der Waals surface area contributed by atoms with Gasteiger partial charge in [-0.05, 0) is 30.9 Å². The van der Waals surface area contributed by atoms with Crippen molar-refractivity contribution in [1.29, 1.82) is 0 Å². The quantitative estimate of drug-likeness (QED) is 0.629. The minimum atomic E-state index is 0.0765. The van der Waals surface area contributed by atoms with E-state index in [0.29, 0.717) is 11.3 Å². The van der Waals surface area contributed by atoms with Crippen molar-refractivity contribution in [2.24, 2.45) is 5.92 Å². The van der Waals surface area contributed by atoms with Gasteiger partial charge in [-0.15, -0.1) is 0 Å². The van der Waals surface area contributed by atoms with E-state index in [0.717, 1.165) is 49.0 Å². The van der Waals surface area contributed by atoms with E-state index in [4.69, 9.17) is 9.72 Å². The van der Waals surface area contributed by atoms with Crippen molar-refractivity contribution < 1.29 is 4.74 Å². The normalized spacial score (nSPS) is 18.4. The lowest BCUT2D eigenvalue weighted by Crippen LogP contribution is -2.23. The Morgan fingerprint density at radius 3 is 3.05 bits per heavy atom. The van der Waals surface area contributed by atoms with Crippen LogP contribution < -0.4 is 5.56 Å². The summed E-state index contributed by atoms with van der Waals surface area (Å²) in [5.41, 5.74) is 0.868. The average Bonchev–Trinajstić information content (AvgIpc) is 3.02. The first-order valence-corrected chi connectivity index (χ1v) is 8.48. The van der Waals surface area contributed by atoms with E-state index in [-0.39, 0.29) is 5.56 Å². The third-order valence-corrected chi connectivity index (χ3v) is 4.95. The SMILES string of the molecule is CCCn1c(SCC2CCOC2)nc2ccccc2c1=O. The molecule has 0 amide bonds. The van der Waals surface area contributed by atoms with Crippen LogP contribution in [0.25, 0.3) is 10.9 Å². The van der Waals surface area contributed by atoms with Crippen molar-refractivity contribution in [3.8, 4) is 0 Å². The lowest BCUT2D eigenvalue weighted by Gasteiger charge is -2.13. The van der Waals surface area contributed by atoms with E-state index in [2.05, 4.69) is 6.92 Å². The molecule has 1 atom stereocenters. The number of nitrogens with zero attached hydrogens (tertiary/aromatic N) is 2. The van der Waals surface area contributed by atoms with E-state index in [9.17, 15) is 4.79 Å². The van der Waals surface area contributed by atoms with Crippen LogP contribution in [0.15, 0.2) is 34.2 Å². The van der Waals surface area contributed by atoms with E-state index in [1.807, 2.05) is 28.8 Å². The third-order valence-electron chi connectivity index (χ3n) is 3.75. The van der Waals surface area contributed by atoms with Gasteiger partial charge < -0.3 is 4.74 Å². The van der Waals surface area contributed by atoms with E-state index in [1.54, 1.807) is 11.8 Å². The maximum Gasteiger partial charge on any atom is 0.262 e. The first-order chi connectivity index (χ1) is 10.3. The van der Waals surface area contributed by atoms with Gasteiger partial charge in [0, 0.05) is 18.9 Å². The molecule has 0 aliphatic carbocycles. The average molecular weight is 304 g/mol. The highest BCUT2D eigenvalue weighted by Crippen LogP contribution is 2.24. The maximum atomic E-state index is 12.6. The fourth-order valence-corrected chi connectivity index (χ4v) is 3.73.